The summed E-state index contributed by atoms with van der Waals surface area (Å²) in [6.07, 6.45) is 1.33. The van der Waals surface area contributed by atoms with E-state index in [1.54, 1.807) is 41.0 Å². The van der Waals surface area contributed by atoms with Crippen LogP contribution >= 0.6 is 0 Å². The lowest BCUT2D eigenvalue weighted by atomic mass is 10.1. The lowest BCUT2D eigenvalue weighted by Crippen LogP contribution is -2.49. The lowest BCUT2D eigenvalue weighted by Gasteiger charge is -2.35. The number of piperazine rings is 1. The molecule has 0 atom stereocenters. The fourth-order valence-electron chi connectivity index (χ4n) is 3.60. The second kappa shape index (κ2) is 7.91. The Morgan fingerprint density at radius 3 is 2.53 bits per heavy atom. The van der Waals surface area contributed by atoms with Gasteiger partial charge >= 0.3 is 0 Å². The fourth-order valence-corrected chi connectivity index (χ4v) is 3.60. The number of aryl methyl sites for hydroxylation is 1. The Bertz CT molecular complexity index is 1220. The number of halogens is 1. The third-order valence-electron chi connectivity index (χ3n) is 5.19. The van der Waals surface area contributed by atoms with Crippen molar-refractivity contribution < 1.29 is 9.18 Å². The number of aromatic nitrogens is 3. The Morgan fingerprint density at radius 1 is 1.20 bits per heavy atom. The summed E-state index contributed by atoms with van der Waals surface area (Å²) in [5.41, 5.74) is 0.175. The number of fused-ring (bicyclic) bond motifs is 1. The van der Waals surface area contributed by atoms with E-state index in [1.807, 2.05) is 6.07 Å². The van der Waals surface area contributed by atoms with E-state index in [9.17, 15) is 14.0 Å². The minimum atomic E-state index is -0.559. The predicted molar refractivity (Wildman–Crippen MR) is 109 cm³/mol. The molecular formula is C21H19FN6O2. The highest BCUT2D eigenvalue weighted by Crippen LogP contribution is 2.21. The zero-order valence-electron chi connectivity index (χ0n) is 16.4. The molecule has 152 valence electrons. The Kier molecular flexibility index (Phi) is 5.14. The van der Waals surface area contributed by atoms with Crippen LogP contribution in [0.25, 0.3) is 10.8 Å². The van der Waals surface area contributed by atoms with Crippen molar-refractivity contribution in [2.45, 2.75) is 13.5 Å². The number of nitriles is 1. The van der Waals surface area contributed by atoms with Gasteiger partial charge in [-0.25, -0.2) is 14.1 Å². The van der Waals surface area contributed by atoms with Crippen LogP contribution in [0.5, 0.6) is 0 Å². The average Bonchev–Trinajstić information content (AvgIpc) is 2.79. The number of hydrogen-bond acceptors (Lipinski definition) is 6. The Labute approximate surface area is 171 Å². The predicted octanol–water partition coefficient (Wildman–Crippen LogP) is 1.78. The molecule has 2 aromatic heterocycles. The molecule has 30 heavy (non-hydrogen) atoms. The largest absolute Gasteiger partial charge is 0.351 e. The van der Waals surface area contributed by atoms with E-state index in [-0.39, 0.29) is 28.5 Å². The van der Waals surface area contributed by atoms with Gasteiger partial charge in [-0.15, -0.1) is 0 Å². The summed E-state index contributed by atoms with van der Waals surface area (Å²) >= 11 is 0. The van der Waals surface area contributed by atoms with E-state index in [0.717, 1.165) is 6.07 Å². The topological polar surface area (TPSA) is 95.1 Å². The quantitative estimate of drug-likeness (QED) is 0.658. The van der Waals surface area contributed by atoms with E-state index in [1.165, 1.54) is 10.9 Å². The van der Waals surface area contributed by atoms with Crippen LogP contribution < -0.4 is 10.5 Å². The van der Waals surface area contributed by atoms with E-state index >= 15 is 0 Å². The average molecular weight is 406 g/mol. The van der Waals surface area contributed by atoms with Crippen molar-refractivity contribution in [2.75, 3.05) is 31.1 Å². The number of hydrogen-bond donors (Lipinski definition) is 0. The van der Waals surface area contributed by atoms with E-state index in [2.05, 4.69) is 10.1 Å². The van der Waals surface area contributed by atoms with Gasteiger partial charge in [-0.2, -0.15) is 10.4 Å². The molecule has 1 aliphatic rings. The molecule has 9 heteroatoms. The van der Waals surface area contributed by atoms with Crippen LogP contribution in [-0.2, 0) is 6.54 Å². The van der Waals surface area contributed by atoms with Gasteiger partial charge in [-0.3, -0.25) is 9.59 Å². The van der Waals surface area contributed by atoms with Gasteiger partial charge in [0.2, 0.25) is 0 Å². The molecule has 0 spiro atoms. The van der Waals surface area contributed by atoms with Gasteiger partial charge in [0.1, 0.15) is 6.07 Å². The number of anilines is 1. The van der Waals surface area contributed by atoms with Crippen molar-refractivity contribution in [3.8, 4) is 6.07 Å². The minimum Gasteiger partial charge on any atom is -0.351 e. The normalized spacial score (nSPS) is 14.0. The highest BCUT2D eigenvalue weighted by atomic mass is 19.1. The lowest BCUT2D eigenvalue weighted by molar-refractivity contribution is 0.0740. The van der Waals surface area contributed by atoms with Gasteiger partial charge in [0.25, 0.3) is 11.5 Å². The van der Waals surface area contributed by atoms with Gasteiger partial charge in [0, 0.05) is 44.3 Å². The molecule has 0 radical (unpaired) electrons. The number of pyridine rings is 1. The number of benzene rings is 1. The van der Waals surface area contributed by atoms with Crippen LogP contribution in [0, 0.1) is 17.1 Å². The van der Waals surface area contributed by atoms with Crippen molar-refractivity contribution in [3.63, 3.8) is 0 Å². The summed E-state index contributed by atoms with van der Waals surface area (Å²) < 4.78 is 15.6. The number of amides is 1. The third-order valence-corrected chi connectivity index (χ3v) is 5.19. The molecule has 0 bridgehead atoms. The van der Waals surface area contributed by atoms with Gasteiger partial charge in [0.05, 0.1) is 10.9 Å². The van der Waals surface area contributed by atoms with E-state index in [0.29, 0.717) is 43.5 Å². The summed E-state index contributed by atoms with van der Waals surface area (Å²) in [6.45, 7) is 3.68. The molecular weight excluding hydrogens is 387 g/mol. The molecule has 1 aliphatic heterocycles. The van der Waals surface area contributed by atoms with Crippen molar-refractivity contribution in [1.29, 1.82) is 5.26 Å². The number of nitrogens with zero attached hydrogens (tertiary/aromatic N) is 6. The molecule has 1 fully saturated rings. The van der Waals surface area contributed by atoms with Crippen LogP contribution in [0.2, 0.25) is 0 Å². The van der Waals surface area contributed by atoms with Gasteiger partial charge in [0.15, 0.2) is 17.3 Å². The molecule has 4 rings (SSSR count). The summed E-state index contributed by atoms with van der Waals surface area (Å²) in [6, 6.07) is 9.97. The second-order valence-electron chi connectivity index (χ2n) is 6.94. The van der Waals surface area contributed by atoms with Crippen LogP contribution in [0.15, 0.2) is 41.3 Å². The summed E-state index contributed by atoms with van der Waals surface area (Å²) in [5.74, 6) is -0.651. The molecule has 8 nitrogen and oxygen atoms in total. The first-order chi connectivity index (χ1) is 14.5. The third kappa shape index (κ3) is 3.37. The summed E-state index contributed by atoms with van der Waals surface area (Å²) in [4.78, 5) is 33.1. The zero-order valence-corrected chi connectivity index (χ0v) is 16.4. The molecule has 0 saturated carbocycles. The maximum absolute atomic E-state index is 14.3. The number of carbonyl (C=O) groups excluding carboxylic acids is 1. The molecule has 1 aromatic carbocycles. The first-order valence-corrected chi connectivity index (χ1v) is 9.63. The molecule has 1 saturated heterocycles. The first-order valence-electron chi connectivity index (χ1n) is 9.63. The molecule has 1 amide bonds. The molecule has 0 unspecified atom stereocenters. The van der Waals surface area contributed by atoms with Crippen LogP contribution in [0.1, 0.15) is 23.0 Å². The van der Waals surface area contributed by atoms with Gasteiger partial charge in [-0.1, -0.05) is 18.2 Å². The first kappa shape index (κ1) is 19.5. The maximum Gasteiger partial charge on any atom is 0.275 e. The molecule has 0 aliphatic carbocycles. The number of rotatable bonds is 3. The molecule has 3 aromatic rings. The van der Waals surface area contributed by atoms with E-state index in [4.69, 9.17) is 5.26 Å². The van der Waals surface area contributed by atoms with Gasteiger partial charge < -0.3 is 9.80 Å². The highest BCUT2D eigenvalue weighted by Gasteiger charge is 2.27. The van der Waals surface area contributed by atoms with Crippen molar-refractivity contribution >= 4 is 22.5 Å². The van der Waals surface area contributed by atoms with Crippen molar-refractivity contribution in [2.24, 2.45) is 0 Å². The summed E-state index contributed by atoms with van der Waals surface area (Å²) in [5, 5.41) is 14.1. The van der Waals surface area contributed by atoms with Crippen molar-refractivity contribution in [3.05, 3.63) is 64.0 Å². The Hall–Kier alpha value is -3.80. The molecule has 3 heterocycles. The maximum atomic E-state index is 14.3. The standard InChI is InChI=1S/C21H19FN6O2/c1-2-28-20(29)16-6-4-3-5-15(16)18(25-28)21(30)27-9-7-26(8-10-27)19-17(22)11-14(12-23)13-24-19/h3-6,11,13H,2,7-10H2,1H3. The smallest absolute Gasteiger partial charge is 0.275 e. The molecule has 0 N–H and O–H groups in total. The van der Waals surface area contributed by atoms with E-state index < -0.39 is 5.82 Å². The number of carbonyl (C=O) groups is 1. The Morgan fingerprint density at radius 2 is 1.90 bits per heavy atom. The monoisotopic (exact) mass is 406 g/mol. The van der Waals surface area contributed by atoms with Crippen molar-refractivity contribution in [1.82, 2.24) is 19.7 Å². The highest BCUT2D eigenvalue weighted by molar-refractivity contribution is 6.04. The summed E-state index contributed by atoms with van der Waals surface area (Å²) in [7, 11) is 0. The Balaban J connectivity index is 1.58. The van der Waals surface area contributed by atoms with Gasteiger partial charge in [-0.05, 0) is 19.1 Å². The zero-order chi connectivity index (χ0) is 21.3. The van der Waals surface area contributed by atoms with Crippen LogP contribution in [0.4, 0.5) is 10.2 Å². The SMILES string of the molecule is CCn1nc(C(=O)N2CCN(c3ncc(C#N)cc3F)CC2)c2ccccc2c1=O. The second-order valence-corrected chi connectivity index (χ2v) is 6.94. The van der Waals surface area contributed by atoms with Crippen LogP contribution in [-0.4, -0.2) is 51.8 Å². The van der Waals surface area contributed by atoms with Crippen LogP contribution in [0.3, 0.4) is 0 Å². The fraction of sp³-hybridized carbons (Fsp3) is 0.286. The minimum absolute atomic E-state index is 0.161.